The molecule has 1 heterocycles. The van der Waals surface area contributed by atoms with Crippen molar-refractivity contribution in [3.63, 3.8) is 0 Å². The van der Waals surface area contributed by atoms with Crippen LogP contribution in [0.4, 0.5) is 10.5 Å². The van der Waals surface area contributed by atoms with Crippen LogP contribution in [-0.4, -0.2) is 29.6 Å². The fourth-order valence-corrected chi connectivity index (χ4v) is 2.93. The van der Waals surface area contributed by atoms with E-state index in [9.17, 15) is 19.5 Å². The van der Waals surface area contributed by atoms with Crippen LogP contribution >= 0.6 is 15.9 Å². The number of ether oxygens (including phenoxy) is 1. The lowest BCUT2D eigenvalue weighted by Gasteiger charge is -2.26. The summed E-state index contributed by atoms with van der Waals surface area (Å²) in [5.74, 6) is -0.886. The molecule has 2 aromatic rings. The Bertz CT molecular complexity index is 953. The van der Waals surface area contributed by atoms with Crippen molar-refractivity contribution in [2.45, 2.75) is 6.92 Å². The van der Waals surface area contributed by atoms with Crippen LogP contribution in [0.25, 0.3) is 6.08 Å². The molecule has 0 spiro atoms. The van der Waals surface area contributed by atoms with Crippen molar-refractivity contribution in [2.75, 3.05) is 11.5 Å². The molecule has 2 N–H and O–H groups in total. The number of nitrogens with zero attached hydrogens (tertiary/aromatic N) is 1. The van der Waals surface area contributed by atoms with Crippen LogP contribution in [0.5, 0.6) is 11.5 Å². The van der Waals surface area contributed by atoms with Crippen molar-refractivity contribution in [2.24, 2.45) is 0 Å². The van der Waals surface area contributed by atoms with E-state index in [2.05, 4.69) is 21.2 Å². The number of halogens is 1. The summed E-state index contributed by atoms with van der Waals surface area (Å²) < 4.78 is 5.76. The number of urea groups is 1. The third kappa shape index (κ3) is 3.85. The van der Waals surface area contributed by atoms with Gasteiger partial charge in [-0.2, -0.15) is 0 Å². The summed E-state index contributed by atoms with van der Waals surface area (Å²) in [4.78, 5) is 38.0. The fraction of sp³-hybridized carbons (Fsp3) is 0.105. The number of phenols is 1. The normalized spacial score (nSPS) is 15.9. The molecule has 3 rings (SSSR count). The summed E-state index contributed by atoms with van der Waals surface area (Å²) in [5.41, 5.74) is 0.631. The van der Waals surface area contributed by atoms with Gasteiger partial charge >= 0.3 is 6.03 Å². The van der Waals surface area contributed by atoms with Gasteiger partial charge in [0.25, 0.3) is 11.8 Å². The molecular formula is C19H15BrN2O5. The van der Waals surface area contributed by atoms with Crippen molar-refractivity contribution in [3.8, 4) is 11.5 Å². The SMILES string of the molecule is CCOc1ccc(N2C(=O)NC(=O)/C(=C\c3ccc(O)c(Br)c3)C2=O)cc1. The van der Waals surface area contributed by atoms with E-state index in [1.807, 2.05) is 6.92 Å². The number of carbonyl (C=O) groups is 3. The number of hydrogen-bond acceptors (Lipinski definition) is 5. The highest BCUT2D eigenvalue weighted by molar-refractivity contribution is 9.10. The van der Waals surface area contributed by atoms with Gasteiger partial charge < -0.3 is 9.84 Å². The second-order valence-corrected chi connectivity index (χ2v) is 6.45. The molecule has 0 bridgehead atoms. The number of aromatic hydroxyl groups is 1. The first-order chi connectivity index (χ1) is 12.9. The van der Waals surface area contributed by atoms with E-state index in [-0.39, 0.29) is 11.3 Å². The number of barbiturate groups is 1. The largest absolute Gasteiger partial charge is 0.507 e. The maximum Gasteiger partial charge on any atom is 0.335 e. The predicted molar refractivity (Wildman–Crippen MR) is 102 cm³/mol. The molecule has 2 aromatic carbocycles. The van der Waals surface area contributed by atoms with Crippen molar-refractivity contribution >= 4 is 45.5 Å². The molecule has 0 radical (unpaired) electrons. The second-order valence-electron chi connectivity index (χ2n) is 5.60. The molecule has 8 heteroatoms. The molecular weight excluding hydrogens is 416 g/mol. The van der Waals surface area contributed by atoms with Crippen LogP contribution in [0.1, 0.15) is 12.5 Å². The van der Waals surface area contributed by atoms with Gasteiger partial charge in [-0.15, -0.1) is 0 Å². The number of phenolic OH excluding ortho intramolecular Hbond substituents is 1. The highest BCUT2D eigenvalue weighted by Gasteiger charge is 2.36. The Morgan fingerprint density at radius 3 is 2.48 bits per heavy atom. The summed E-state index contributed by atoms with van der Waals surface area (Å²) in [6.07, 6.45) is 1.36. The van der Waals surface area contributed by atoms with E-state index in [0.29, 0.717) is 28.1 Å². The molecule has 0 aliphatic carbocycles. The maximum absolute atomic E-state index is 12.8. The van der Waals surface area contributed by atoms with Crippen molar-refractivity contribution in [3.05, 3.63) is 58.1 Å². The van der Waals surface area contributed by atoms with Crippen molar-refractivity contribution in [1.82, 2.24) is 5.32 Å². The molecule has 7 nitrogen and oxygen atoms in total. The van der Waals surface area contributed by atoms with Gasteiger partial charge in [0.1, 0.15) is 17.1 Å². The van der Waals surface area contributed by atoms with E-state index < -0.39 is 17.8 Å². The Labute approximate surface area is 163 Å². The van der Waals surface area contributed by atoms with Crippen LogP contribution in [-0.2, 0) is 9.59 Å². The van der Waals surface area contributed by atoms with Gasteiger partial charge in [0.05, 0.1) is 16.8 Å². The molecule has 4 amide bonds. The topological polar surface area (TPSA) is 95.9 Å². The molecule has 0 atom stereocenters. The minimum absolute atomic E-state index is 0.0303. The Kier molecular flexibility index (Phi) is 5.27. The van der Waals surface area contributed by atoms with Gasteiger partial charge in [0.2, 0.25) is 0 Å². The Morgan fingerprint density at radius 1 is 1.15 bits per heavy atom. The lowest BCUT2D eigenvalue weighted by Crippen LogP contribution is -2.54. The first kappa shape index (κ1) is 18.7. The minimum Gasteiger partial charge on any atom is -0.507 e. The fourth-order valence-electron chi connectivity index (χ4n) is 2.53. The number of hydrogen-bond donors (Lipinski definition) is 2. The monoisotopic (exact) mass is 430 g/mol. The molecule has 1 saturated heterocycles. The van der Waals surface area contributed by atoms with Crippen LogP contribution in [0, 0.1) is 0 Å². The maximum atomic E-state index is 12.8. The molecule has 138 valence electrons. The smallest absolute Gasteiger partial charge is 0.335 e. The van der Waals surface area contributed by atoms with E-state index >= 15 is 0 Å². The Hall–Kier alpha value is -3.13. The minimum atomic E-state index is -0.821. The Balaban J connectivity index is 1.95. The van der Waals surface area contributed by atoms with Gasteiger partial charge in [0, 0.05) is 0 Å². The van der Waals surface area contributed by atoms with Crippen LogP contribution in [0.3, 0.4) is 0 Å². The molecule has 0 saturated carbocycles. The number of anilines is 1. The highest BCUT2D eigenvalue weighted by Crippen LogP contribution is 2.27. The number of carbonyl (C=O) groups excluding carboxylic acids is 3. The summed E-state index contributed by atoms with van der Waals surface area (Å²) >= 11 is 3.18. The van der Waals surface area contributed by atoms with Gasteiger partial charge in [-0.05, 0) is 70.9 Å². The zero-order chi connectivity index (χ0) is 19.6. The summed E-state index contributed by atoms with van der Waals surface area (Å²) in [7, 11) is 0. The first-order valence-electron chi connectivity index (χ1n) is 8.03. The third-order valence-corrected chi connectivity index (χ3v) is 4.43. The standard InChI is InChI=1S/C19H15BrN2O5/c1-2-27-13-6-4-12(5-7-13)22-18(25)14(17(24)21-19(22)26)9-11-3-8-16(23)15(20)10-11/h3-10,23H,2H2,1H3,(H,21,24,26)/b14-9+. The van der Waals surface area contributed by atoms with E-state index in [0.717, 1.165) is 4.90 Å². The summed E-state index contributed by atoms with van der Waals surface area (Å²) in [6, 6.07) is 10.1. The van der Waals surface area contributed by atoms with Gasteiger partial charge in [-0.25, -0.2) is 9.69 Å². The van der Waals surface area contributed by atoms with E-state index in [1.54, 1.807) is 36.4 Å². The summed E-state index contributed by atoms with van der Waals surface area (Å²) in [6.45, 7) is 2.34. The molecule has 1 aliphatic heterocycles. The van der Waals surface area contributed by atoms with Gasteiger partial charge in [-0.3, -0.25) is 14.9 Å². The quantitative estimate of drug-likeness (QED) is 0.573. The van der Waals surface area contributed by atoms with Gasteiger partial charge in [-0.1, -0.05) is 6.07 Å². The first-order valence-corrected chi connectivity index (χ1v) is 8.83. The Morgan fingerprint density at radius 2 is 1.85 bits per heavy atom. The lowest BCUT2D eigenvalue weighted by atomic mass is 10.1. The van der Waals surface area contributed by atoms with Crippen LogP contribution in [0.15, 0.2) is 52.5 Å². The number of nitrogens with one attached hydrogen (secondary N) is 1. The second kappa shape index (κ2) is 7.63. The highest BCUT2D eigenvalue weighted by atomic mass is 79.9. The number of benzene rings is 2. The zero-order valence-electron chi connectivity index (χ0n) is 14.2. The van der Waals surface area contributed by atoms with Crippen LogP contribution < -0.4 is 15.0 Å². The predicted octanol–water partition coefficient (Wildman–Crippen LogP) is 3.22. The number of amides is 4. The number of rotatable bonds is 4. The average Bonchev–Trinajstić information content (AvgIpc) is 2.63. The lowest BCUT2D eigenvalue weighted by molar-refractivity contribution is -0.122. The molecule has 1 fully saturated rings. The van der Waals surface area contributed by atoms with Crippen molar-refractivity contribution < 1.29 is 24.2 Å². The molecule has 1 aliphatic rings. The number of imide groups is 2. The molecule has 27 heavy (non-hydrogen) atoms. The van der Waals surface area contributed by atoms with E-state index in [1.165, 1.54) is 12.1 Å². The van der Waals surface area contributed by atoms with E-state index in [4.69, 9.17) is 4.74 Å². The van der Waals surface area contributed by atoms with Crippen LogP contribution in [0.2, 0.25) is 0 Å². The molecule has 0 unspecified atom stereocenters. The zero-order valence-corrected chi connectivity index (χ0v) is 15.8. The molecule has 0 aromatic heterocycles. The van der Waals surface area contributed by atoms with Crippen molar-refractivity contribution in [1.29, 1.82) is 0 Å². The average molecular weight is 431 g/mol. The third-order valence-electron chi connectivity index (χ3n) is 3.79. The van der Waals surface area contributed by atoms with Gasteiger partial charge in [0.15, 0.2) is 0 Å². The summed E-state index contributed by atoms with van der Waals surface area (Å²) in [5, 5.41) is 11.7.